The molecule has 0 unspecified atom stereocenters. The van der Waals surface area contributed by atoms with Gasteiger partial charge in [0.15, 0.2) is 5.11 Å². The Balaban J connectivity index is 1.39. The second kappa shape index (κ2) is 9.00. The molecule has 0 radical (unpaired) electrons. The van der Waals surface area contributed by atoms with E-state index in [0.717, 1.165) is 29.7 Å². The van der Waals surface area contributed by atoms with Crippen LogP contribution in [-0.2, 0) is 16.0 Å². The third-order valence-corrected chi connectivity index (χ3v) is 6.24. The van der Waals surface area contributed by atoms with Gasteiger partial charge in [0.2, 0.25) is 0 Å². The number of carbonyl (C=O) groups is 2. The summed E-state index contributed by atoms with van der Waals surface area (Å²) in [5.41, 5.74) is 2.16. The van der Waals surface area contributed by atoms with Crippen molar-refractivity contribution in [3.05, 3.63) is 89.5 Å². The van der Waals surface area contributed by atoms with Crippen LogP contribution < -0.4 is 19.7 Å². The van der Waals surface area contributed by atoms with Gasteiger partial charge < -0.3 is 9.47 Å². The molecule has 0 aromatic heterocycles. The molecule has 1 saturated heterocycles. The molecule has 0 atom stereocenters. The number of anilines is 1. The highest BCUT2D eigenvalue weighted by molar-refractivity contribution is 7.80. The Morgan fingerprint density at radius 2 is 1.71 bits per heavy atom. The van der Waals surface area contributed by atoms with Crippen LogP contribution in [0.25, 0.3) is 6.08 Å². The predicted molar refractivity (Wildman–Crippen MR) is 139 cm³/mol. The van der Waals surface area contributed by atoms with E-state index >= 15 is 0 Å². The molecule has 0 aliphatic carbocycles. The molecule has 0 spiro atoms. The highest BCUT2D eigenvalue weighted by Crippen LogP contribution is 2.34. The van der Waals surface area contributed by atoms with Crippen LogP contribution in [0.4, 0.5) is 5.69 Å². The Morgan fingerprint density at radius 1 is 1.00 bits per heavy atom. The van der Waals surface area contributed by atoms with Crippen LogP contribution in [0, 0.1) is 0 Å². The van der Waals surface area contributed by atoms with Crippen LogP contribution >= 0.6 is 12.2 Å². The van der Waals surface area contributed by atoms with E-state index in [1.165, 1.54) is 4.90 Å². The van der Waals surface area contributed by atoms with Crippen molar-refractivity contribution in [1.29, 1.82) is 0 Å². The van der Waals surface area contributed by atoms with Gasteiger partial charge >= 0.3 is 0 Å². The first-order chi connectivity index (χ1) is 16.8. The smallest absolute Gasteiger partial charge is 0.270 e. The predicted octanol–water partition coefficient (Wildman–Crippen LogP) is 5.41. The SMILES string of the molecule is CC1(C)CCc2cc(/C=C3\C(=O)NC(=S)N(c4ccc(Oc5ccccc5)cc4)C3=O)ccc2O1. The van der Waals surface area contributed by atoms with Crippen LogP contribution in [0.3, 0.4) is 0 Å². The fourth-order valence-electron chi connectivity index (χ4n) is 4.11. The van der Waals surface area contributed by atoms with Crippen molar-refractivity contribution in [3.8, 4) is 17.2 Å². The number of ether oxygens (including phenoxy) is 2. The maximum atomic E-state index is 13.4. The highest BCUT2D eigenvalue weighted by Gasteiger charge is 2.34. The zero-order chi connectivity index (χ0) is 24.6. The number of rotatable bonds is 4. The monoisotopic (exact) mass is 484 g/mol. The van der Waals surface area contributed by atoms with Gasteiger partial charge in [-0.25, -0.2) is 0 Å². The number of hydrogen-bond acceptors (Lipinski definition) is 5. The third-order valence-electron chi connectivity index (χ3n) is 5.95. The van der Waals surface area contributed by atoms with E-state index in [4.69, 9.17) is 21.7 Å². The molecule has 2 heterocycles. The van der Waals surface area contributed by atoms with Crippen LogP contribution in [0.15, 0.2) is 78.4 Å². The molecular weight excluding hydrogens is 460 g/mol. The van der Waals surface area contributed by atoms with E-state index in [0.29, 0.717) is 17.2 Å². The maximum Gasteiger partial charge on any atom is 0.270 e. The van der Waals surface area contributed by atoms with E-state index in [2.05, 4.69) is 19.2 Å². The van der Waals surface area contributed by atoms with Gasteiger partial charge in [-0.15, -0.1) is 0 Å². The molecule has 2 aliphatic heterocycles. The summed E-state index contributed by atoms with van der Waals surface area (Å²) in [7, 11) is 0. The average molecular weight is 485 g/mol. The summed E-state index contributed by atoms with van der Waals surface area (Å²) in [5, 5.41) is 2.67. The van der Waals surface area contributed by atoms with Gasteiger partial charge in [-0.1, -0.05) is 24.3 Å². The number of amides is 2. The first-order valence-corrected chi connectivity index (χ1v) is 11.8. The Bertz CT molecular complexity index is 1350. The van der Waals surface area contributed by atoms with Crippen molar-refractivity contribution in [1.82, 2.24) is 5.32 Å². The largest absolute Gasteiger partial charge is 0.488 e. The molecule has 7 heteroatoms. The minimum Gasteiger partial charge on any atom is -0.488 e. The van der Waals surface area contributed by atoms with Crippen molar-refractivity contribution < 1.29 is 19.1 Å². The number of nitrogens with one attached hydrogen (secondary N) is 1. The molecule has 3 aromatic rings. The second-order valence-corrected chi connectivity index (χ2v) is 9.48. The standard InChI is InChI=1S/C28H24N2O4S/c1-28(2)15-14-19-16-18(8-13-24(19)34-28)17-23-25(31)29-27(35)30(26(23)32)20-9-11-22(12-10-20)33-21-6-4-3-5-7-21/h3-13,16-17H,14-15H2,1-2H3,(H,29,31,35)/b23-17+. The minimum atomic E-state index is -0.518. The number of para-hydroxylation sites is 1. The van der Waals surface area contributed by atoms with E-state index in [1.807, 2.05) is 48.5 Å². The lowest BCUT2D eigenvalue weighted by Crippen LogP contribution is -2.54. The van der Waals surface area contributed by atoms with Gasteiger partial charge in [0.05, 0.1) is 5.69 Å². The fraction of sp³-hybridized carbons (Fsp3) is 0.179. The lowest BCUT2D eigenvalue weighted by molar-refractivity contribution is -0.122. The van der Waals surface area contributed by atoms with Crippen molar-refractivity contribution in [3.63, 3.8) is 0 Å². The van der Waals surface area contributed by atoms with Crippen LogP contribution in [0.1, 0.15) is 31.4 Å². The third kappa shape index (κ3) is 4.81. The van der Waals surface area contributed by atoms with Crippen molar-refractivity contribution in [2.24, 2.45) is 0 Å². The summed E-state index contributed by atoms with van der Waals surface area (Å²) >= 11 is 5.32. The topological polar surface area (TPSA) is 67.9 Å². The zero-order valence-corrected chi connectivity index (χ0v) is 20.2. The molecule has 0 bridgehead atoms. The van der Waals surface area contributed by atoms with E-state index in [-0.39, 0.29) is 16.3 Å². The number of aryl methyl sites for hydroxylation is 1. The summed E-state index contributed by atoms with van der Waals surface area (Å²) in [4.78, 5) is 27.3. The summed E-state index contributed by atoms with van der Waals surface area (Å²) < 4.78 is 11.9. The Hall–Kier alpha value is -3.97. The lowest BCUT2D eigenvalue weighted by Gasteiger charge is -2.32. The number of carbonyl (C=O) groups excluding carboxylic acids is 2. The minimum absolute atomic E-state index is 0.0141. The Labute approximate surface area is 209 Å². The molecule has 0 saturated carbocycles. The molecule has 1 fully saturated rings. The number of hydrogen-bond donors (Lipinski definition) is 1. The number of nitrogens with zero attached hydrogens (tertiary/aromatic N) is 1. The second-order valence-electron chi connectivity index (χ2n) is 9.10. The van der Waals surface area contributed by atoms with Crippen LogP contribution in [0.5, 0.6) is 17.2 Å². The van der Waals surface area contributed by atoms with Gasteiger partial charge in [0, 0.05) is 0 Å². The summed E-state index contributed by atoms with van der Waals surface area (Å²) in [6, 6.07) is 22.1. The van der Waals surface area contributed by atoms with Crippen molar-refractivity contribution in [2.45, 2.75) is 32.3 Å². The number of benzene rings is 3. The summed E-state index contributed by atoms with van der Waals surface area (Å²) in [6.07, 6.45) is 3.36. The average Bonchev–Trinajstić information content (AvgIpc) is 2.83. The molecule has 2 aliphatic rings. The van der Waals surface area contributed by atoms with E-state index < -0.39 is 11.8 Å². The van der Waals surface area contributed by atoms with Gasteiger partial charge in [-0.3, -0.25) is 19.8 Å². The first kappa shape index (κ1) is 22.8. The van der Waals surface area contributed by atoms with Gasteiger partial charge in [-0.2, -0.15) is 0 Å². The number of fused-ring (bicyclic) bond motifs is 1. The zero-order valence-electron chi connectivity index (χ0n) is 19.4. The normalized spacial score (nSPS) is 18.1. The molecule has 176 valence electrons. The molecule has 2 amide bonds. The highest BCUT2D eigenvalue weighted by atomic mass is 32.1. The molecule has 1 N–H and O–H groups in total. The molecule has 35 heavy (non-hydrogen) atoms. The van der Waals surface area contributed by atoms with Crippen LogP contribution in [0.2, 0.25) is 0 Å². The lowest BCUT2D eigenvalue weighted by atomic mass is 9.93. The first-order valence-electron chi connectivity index (χ1n) is 11.4. The van der Waals surface area contributed by atoms with E-state index in [9.17, 15) is 9.59 Å². The summed E-state index contributed by atoms with van der Waals surface area (Å²) in [6.45, 7) is 4.13. The Morgan fingerprint density at radius 3 is 2.46 bits per heavy atom. The van der Waals surface area contributed by atoms with Gasteiger partial charge in [0.1, 0.15) is 28.4 Å². The summed E-state index contributed by atoms with van der Waals surface area (Å²) in [5.74, 6) is 1.17. The quantitative estimate of drug-likeness (QED) is 0.305. The molecule has 3 aromatic carbocycles. The molecule has 6 nitrogen and oxygen atoms in total. The molecule has 5 rings (SSSR count). The maximum absolute atomic E-state index is 13.4. The van der Waals surface area contributed by atoms with Gasteiger partial charge in [0.25, 0.3) is 11.8 Å². The molecular formula is C28H24N2O4S. The Kier molecular flexibility index (Phi) is 5.86. The fourth-order valence-corrected chi connectivity index (χ4v) is 4.40. The van der Waals surface area contributed by atoms with Crippen LogP contribution in [-0.4, -0.2) is 22.5 Å². The van der Waals surface area contributed by atoms with E-state index in [1.54, 1.807) is 30.3 Å². The van der Waals surface area contributed by atoms with Crippen molar-refractivity contribution >= 4 is 40.9 Å². The number of thiocarbonyl (C=S) groups is 1. The van der Waals surface area contributed by atoms with Gasteiger partial charge in [-0.05, 0) is 105 Å². The van der Waals surface area contributed by atoms with Crippen molar-refractivity contribution in [2.75, 3.05) is 4.90 Å².